The van der Waals surface area contributed by atoms with Crippen LogP contribution < -0.4 is 21.1 Å². The lowest BCUT2D eigenvalue weighted by atomic mass is 9.92. The molecule has 0 aliphatic carbocycles. The molecule has 180 valence electrons. The Morgan fingerprint density at radius 1 is 1.21 bits per heavy atom. The van der Waals surface area contributed by atoms with Gasteiger partial charge in [0, 0.05) is 42.5 Å². The molecular weight excluding hydrogens is 432 g/mol. The third kappa shape index (κ3) is 5.60. The van der Waals surface area contributed by atoms with Crippen molar-refractivity contribution in [3.8, 4) is 17.0 Å². The second-order valence-corrected chi connectivity index (χ2v) is 8.59. The molecule has 0 saturated carbocycles. The summed E-state index contributed by atoms with van der Waals surface area (Å²) in [7, 11) is 1.92. The first kappa shape index (κ1) is 23.8. The summed E-state index contributed by atoms with van der Waals surface area (Å²) in [6.45, 7) is 5.13. The Kier molecular flexibility index (Phi) is 7.87. The van der Waals surface area contributed by atoms with Crippen molar-refractivity contribution >= 4 is 22.5 Å². The lowest BCUT2D eigenvalue weighted by Crippen LogP contribution is -2.32. The van der Waals surface area contributed by atoms with Crippen molar-refractivity contribution in [2.45, 2.75) is 32.2 Å². The normalized spacial score (nSPS) is 15.2. The van der Waals surface area contributed by atoms with Gasteiger partial charge in [0.2, 0.25) is 5.88 Å². The Morgan fingerprint density at radius 3 is 2.71 bits per heavy atom. The van der Waals surface area contributed by atoms with E-state index in [1.807, 2.05) is 37.4 Å². The van der Waals surface area contributed by atoms with Crippen LogP contribution in [0.1, 0.15) is 36.7 Å². The minimum absolute atomic E-state index is 0.124. The van der Waals surface area contributed by atoms with Gasteiger partial charge < -0.3 is 25.8 Å². The lowest BCUT2D eigenvalue weighted by Gasteiger charge is -2.29. The number of anilines is 1. The van der Waals surface area contributed by atoms with Gasteiger partial charge in [-0.2, -0.15) is 0 Å². The van der Waals surface area contributed by atoms with Crippen molar-refractivity contribution in [1.82, 2.24) is 20.5 Å². The molecule has 1 amide bonds. The van der Waals surface area contributed by atoms with Crippen molar-refractivity contribution in [1.29, 1.82) is 0 Å². The number of nitrogens with two attached hydrogens (primary N) is 1. The molecule has 1 aromatic carbocycles. The predicted octanol–water partition coefficient (Wildman–Crippen LogP) is 3.01. The topological polar surface area (TPSA) is 124 Å². The smallest absolute Gasteiger partial charge is 0.271 e. The van der Waals surface area contributed by atoms with Crippen LogP contribution in [0.3, 0.4) is 0 Å². The number of aromatic nitrogens is 3. The summed E-state index contributed by atoms with van der Waals surface area (Å²) in [5, 5.41) is 15.8. The van der Waals surface area contributed by atoms with Crippen LogP contribution in [0.2, 0.25) is 0 Å². The molecule has 9 nitrogen and oxygen atoms in total. The third-order valence-corrected chi connectivity index (χ3v) is 6.23. The molecule has 3 aromatic rings. The first-order chi connectivity index (χ1) is 16.6. The van der Waals surface area contributed by atoms with Gasteiger partial charge in [-0.15, -0.1) is 10.2 Å². The molecule has 3 heterocycles. The highest BCUT2D eigenvalue weighted by Crippen LogP contribution is 2.32. The van der Waals surface area contributed by atoms with Gasteiger partial charge >= 0.3 is 0 Å². The van der Waals surface area contributed by atoms with Crippen molar-refractivity contribution in [2.75, 3.05) is 38.7 Å². The zero-order valence-corrected chi connectivity index (χ0v) is 19.7. The zero-order valence-electron chi connectivity index (χ0n) is 19.7. The number of nitrogens with zero attached hydrogens (tertiary/aromatic N) is 3. The minimum Gasteiger partial charge on any atom is -0.478 e. The molecule has 1 aliphatic heterocycles. The number of fused-ring (bicyclic) bond motifs is 1. The van der Waals surface area contributed by atoms with Crippen molar-refractivity contribution < 1.29 is 14.3 Å². The van der Waals surface area contributed by atoms with Gasteiger partial charge in [0.05, 0.1) is 17.8 Å². The Labute approximate surface area is 199 Å². The van der Waals surface area contributed by atoms with Crippen LogP contribution in [-0.4, -0.2) is 60.5 Å². The second-order valence-electron chi connectivity index (χ2n) is 8.59. The Morgan fingerprint density at radius 2 is 2.00 bits per heavy atom. The molecular formula is C25H32N6O3. The largest absolute Gasteiger partial charge is 0.478 e. The number of primary amides is 1. The van der Waals surface area contributed by atoms with Crippen LogP contribution in [0.4, 0.5) is 5.69 Å². The van der Waals surface area contributed by atoms with Crippen molar-refractivity contribution in [3.05, 3.63) is 42.2 Å². The van der Waals surface area contributed by atoms with Crippen LogP contribution in [0.5, 0.6) is 5.88 Å². The number of carbonyl (C=O) groups excluding carboxylic acids is 1. The summed E-state index contributed by atoms with van der Waals surface area (Å²) in [6.07, 6.45) is 4.64. The molecule has 1 fully saturated rings. The molecule has 1 aliphatic rings. The van der Waals surface area contributed by atoms with Crippen LogP contribution in [0.25, 0.3) is 22.0 Å². The number of pyridine rings is 1. The van der Waals surface area contributed by atoms with Gasteiger partial charge in [-0.3, -0.25) is 4.79 Å². The van der Waals surface area contributed by atoms with E-state index < -0.39 is 5.91 Å². The van der Waals surface area contributed by atoms with Gasteiger partial charge in [0.1, 0.15) is 0 Å². The summed E-state index contributed by atoms with van der Waals surface area (Å²) in [4.78, 5) is 16.6. The molecule has 34 heavy (non-hydrogen) atoms. The summed E-state index contributed by atoms with van der Waals surface area (Å²) in [5.74, 6) is 0.420. The highest BCUT2D eigenvalue weighted by Gasteiger charge is 2.24. The fraction of sp³-hybridized carbons (Fsp3) is 0.440. The molecule has 9 heteroatoms. The number of benzene rings is 1. The van der Waals surface area contributed by atoms with E-state index >= 15 is 0 Å². The molecule has 0 bridgehead atoms. The molecule has 0 spiro atoms. The molecule has 1 atom stereocenters. The molecule has 2 aromatic heterocycles. The lowest BCUT2D eigenvalue weighted by molar-refractivity contribution is 0.0622. The van der Waals surface area contributed by atoms with Crippen molar-refractivity contribution in [3.63, 3.8) is 0 Å². The summed E-state index contributed by atoms with van der Waals surface area (Å²) in [5.41, 5.74) is 9.00. The SMILES string of the molecule is CNCCCOc1ccc(-c2ccc3nnc(C(N)=O)c(NC(C)C4CCOCC4)c3c2)cn1. The number of amides is 1. The average Bonchev–Trinajstić information content (AvgIpc) is 2.87. The number of hydrogen-bond donors (Lipinski definition) is 3. The van der Waals surface area contributed by atoms with Gasteiger partial charge in [-0.1, -0.05) is 6.07 Å². The molecule has 1 saturated heterocycles. The van der Waals surface area contributed by atoms with Gasteiger partial charge in [-0.25, -0.2) is 4.98 Å². The second kappa shape index (κ2) is 11.2. The van der Waals surface area contributed by atoms with Crippen LogP contribution in [0.15, 0.2) is 36.5 Å². The van der Waals surface area contributed by atoms with Crippen LogP contribution >= 0.6 is 0 Å². The summed E-state index contributed by atoms with van der Waals surface area (Å²) in [6, 6.07) is 9.83. The Hall–Kier alpha value is -3.30. The number of nitrogens with one attached hydrogen (secondary N) is 2. The summed E-state index contributed by atoms with van der Waals surface area (Å²) >= 11 is 0. The van der Waals surface area contributed by atoms with Crippen LogP contribution in [0, 0.1) is 5.92 Å². The fourth-order valence-corrected chi connectivity index (χ4v) is 4.23. The molecule has 0 radical (unpaired) electrons. The van der Waals surface area contributed by atoms with Gasteiger partial charge in [0.25, 0.3) is 5.91 Å². The first-order valence-electron chi connectivity index (χ1n) is 11.7. The van der Waals surface area contributed by atoms with E-state index in [-0.39, 0.29) is 11.7 Å². The molecule has 1 unspecified atom stereocenters. The quantitative estimate of drug-likeness (QED) is 0.391. The fourth-order valence-electron chi connectivity index (χ4n) is 4.23. The third-order valence-electron chi connectivity index (χ3n) is 6.23. The maximum absolute atomic E-state index is 12.2. The monoisotopic (exact) mass is 464 g/mol. The first-order valence-corrected chi connectivity index (χ1v) is 11.7. The van der Waals surface area contributed by atoms with E-state index in [2.05, 4.69) is 32.7 Å². The maximum Gasteiger partial charge on any atom is 0.271 e. The number of rotatable bonds is 10. The van der Waals surface area contributed by atoms with E-state index in [9.17, 15) is 4.79 Å². The van der Waals surface area contributed by atoms with Gasteiger partial charge in [0.15, 0.2) is 5.69 Å². The number of hydrogen-bond acceptors (Lipinski definition) is 8. The number of ether oxygens (including phenoxy) is 2. The highest BCUT2D eigenvalue weighted by molar-refractivity contribution is 6.05. The Bertz CT molecular complexity index is 1120. The standard InChI is InChI=1S/C25H32N6O3/c1-16(17-8-12-33-13-9-17)29-23-20-14-18(4-6-21(20)30-31-24(23)25(26)32)19-5-7-22(28-15-19)34-11-3-10-27-2/h4-7,14-17,27H,3,8-13H2,1-2H3,(H2,26,32)(H,29,30). The van der Waals surface area contributed by atoms with Gasteiger partial charge in [-0.05, 0) is 69.5 Å². The van der Waals surface area contributed by atoms with E-state index in [0.29, 0.717) is 29.6 Å². The molecule has 4 rings (SSSR count). The highest BCUT2D eigenvalue weighted by atomic mass is 16.5. The maximum atomic E-state index is 12.2. The number of carbonyl (C=O) groups is 1. The van der Waals surface area contributed by atoms with E-state index in [4.69, 9.17) is 15.2 Å². The minimum atomic E-state index is -0.608. The van der Waals surface area contributed by atoms with E-state index in [1.54, 1.807) is 6.20 Å². The zero-order chi connectivity index (χ0) is 23.9. The summed E-state index contributed by atoms with van der Waals surface area (Å²) < 4.78 is 11.2. The predicted molar refractivity (Wildman–Crippen MR) is 132 cm³/mol. The average molecular weight is 465 g/mol. The van der Waals surface area contributed by atoms with E-state index in [0.717, 1.165) is 55.5 Å². The molecule has 4 N–H and O–H groups in total. The van der Waals surface area contributed by atoms with E-state index in [1.165, 1.54) is 0 Å². The van der Waals surface area contributed by atoms with Crippen molar-refractivity contribution in [2.24, 2.45) is 11.7 Å². The Balaban J connectivity index is 1.62. The van der Waals surface area contributed by atoms with Crippen LogP contribution in [-0.2, 0) is 4.74 Å².